The third-order valence-electron chi connectivity index (χ3n) is 4.53. The first-order valence-corrected chi connectivity index (χ1v) is 8.40. The molecule has 4 rings (SSSR count). The summed E-state index contributed by atoms with van der Waals surface area (Å²) in [4.78, 5) is 38.4. The fraction of sp³-hybridized carbons (Fsp3) is 0.150. The summed E-state index contributed by atoms with van der Waals surface area (Å²) in [6.45, 7) is 0. The Morgan fingerprint density at radius 1 is 1.08 bits per heavy atom. The van der Waals surface area contributed by atoms with Crippen molar-refractivity contribution in [1.29, 1.82) is 0 Å². The van der Waals surface area contributed by atoms with Gasteiger partial charge in [0, 0.05) is 23.0 Å². The van der Waals surface area contributed by atoms with Gasteiger partial charge in [-0.2, -0.15) is 0 Å². The minimum absolute atomic E-state index is 0.213. The van der Waals surface area contributed by atoms with Gasteiger partial charge in [0.1, 0.15) is 5.69 Å². The lowest BCUT2D eigenvalue weighted by atomic mass is 9.98. The number of para-hydroxylation sites is 1. The monoisotopic (exact) mass is 347 g/mol. The Morgan fingerprint density at radius 2 is 1.85 bits per heavy atom. The first-order valence-electron chi connectivity index (χ1n) is 8.40. The van der Waals surface area contributed by atoms with Crippen LogP contribution in [0.2, 0.25) is 0 Å². The van der Waals surface area contributed by atoms with Crippen molar-refractivity contribution in [2.24, 2.45) is 5.92 Å². The van der Waals surface area contributed by atoms with E-state index >= 15 is 0 Å². The molecule has 1 saturated heterocycles. The minimum atomic E-state index is -0.311. The highest BCUT2D eigenvalue weighted by molar-refractivity contribution is 6.06. The number of aromatic amines is 1. The molecule has 130 valence electrons. The van der Waals surface area contributed by atoms with E-state index in [4.69, 9.17) is 0 Å². The van der Waals surface area contributed by atoms with Crippen LogP contribution in [-0.2, 0) is 16.0 Å². The number of hydrogen-bond acceptors (Lipinski definition) is 3. The van der Waals surface area contributed by atoms with E-state index in [0.29, 0.717) is 17.8 Å². The lowest BCUT2D eigenvalue weighted by Crippen LogP contribution is -2.22. The van der Waals surface area contributed by atoms with E-state index in [1.165, 1.54) is 0 Å². The van der Waals surface area contributed by atoms with Crippen molar-refractivity contribution in [3.05, 3.63) is 65.9 Å². The number of fused-ring (bicyclic) bond motifs is 1. The van der Waals surface area contributed by atoms with Crippen LogP contribution < -0.4 is 10.6 Å². The Hall–Kier alpha value is -3.41. The number of imide groups is 1. The molecule has 0 spiro atoms. The van der Waals surface area contributed by atoms with E-state index in [9.17, 15) is 14.4 Å². The highest BCUT2D eigenvalue weighted by atomic mass is 16.2. The summed E-state index contributed by atoms with van der Waals surface area (Å²) in [5.74, 6) is -0.961. The summed E-state index contributed by atoms with van der Waals surface area (Å²) in [6, 6.07) is 16.8. The molecule has 3 amide bonds. The van der Waals surface area contributed by atoms with Crippen LogP contribution in [0.25, 0.3) is 10.9 Å². The zero-order chi connectivity index (χ0) is 18.1. The third-order valence-corrected chi connectivity index (χ3v) is 4.53. The molecule has 1 aliphatic rings. The summed E-state index contributed by atoms with van der Waals surface area (Å²) in [6.07, 6.45) is 0.742. The number of anilines is 1. The zero-order valence-corrected chi connectivity index (χ0v) is 13.9. The van der Waals surface area contributed by atoms with E-state index < -0.39 is 0 Å². The van der Waals surface area contributed by atoms with Crippen molar-refractivity contribution in [2.75, 3.05) is 5.32 Å². The normalized spacial score (nSPS) is 16.7. The summed E-state index contributed by atoms with van der Waals surface area (Å²) in [5.41, 5.74) is 3.03. The maximum Gasteiger partial charge on any atom is 0.272 e. The van der Waals surface area contributed by atoms with Gasteiger partial charge in [-0.15, -0.1) is 0 Å². The van der Waals surface area contributed by atoms with Crippen molar-refractivity contribution < 1.29 is 14.4 Å². The average molecular weight is 347 g/mol. The Bertz CT molecular complexity index is 972. The van der Waals surface area contributed by atoms with Gasteiger partial charge in [0.2, 0.25) is 11.8 Å². The molecule has 6 heteroatoms. The van der Waals surface area contributed by atoms with Crippen LogP contribution in [0, 0.1) is 5.92 Å². The van der Waals surface area contributed by atoms with Crippen LogP contribution in [0.4, 0.5) is 5.69 Å². The molecule has 3 aromatic rings. The van der Waals surface area contributed by atoms with E-state index in [1.807, 2.05) is 42.5 Å². The second-order valence-electron chi connectivity index (χ2n) is 6.44. The average Bonchev–Trinajstić information content (AvgIpc) is 3.19. The predicted molar refractivity (Wildman–Crippen MR) is 97.7 cm³/mol. The summed E-state index contributed by atoms with van der Waals surface area (Å²) in [5, 5.41) is 6.15. The predicted octanol–water partition coefficient (Wildman–Crippen LogP) is 2.63. The topological polar surface area (TPSA) is 91.1 Å². The first-order chi connectivity index (χ1) is 12.6. The maximum atomic E-state index is 12.4. The number of aromatic nitrogens is 1. The Kier molecular flexibility index (Phi) is 4.01. The van der Waals surface area contributed by atoms with Gasteiger partial charge in [-0.05, 0) is 36.2 Å². The molecule has 1 fully saturated rings. The van der Waals surface area contributed by atoms with Crippen molar-refractivity contribution in [2.45, 2.75) is 12.8 Å². The number of rotatable bonds is 4. The molecule has 0 radical (unpaired) electrons. The van der Waals surface area contributed by atoms with Crippen molar-refractivity contribution in [3.63, 3.8) is 0 Å². The molecule has 2 heterocycles. The molecule has 1 atom stereocenters. The van der Waals surface area contributed by atoms with Crippen LogP contribution >= 0.6 is 0 Å². The number of carbonyl (C=O) groups is 3. The van der Waals surface area contributed by atoms with Crippen LogP contribution in [-0.4, -0.2) is 22.7 Å². The second-order valence-corrected chi connectivity index (χ2v) is 6.44. The zero-order valence-electron chi connectivity index (χ0n) is 13.9. The third kappa shape index (κ3) is 3.21. The smallest absolute Gasteiger partial charge is 0.272 e. The Balaban J connectivity index is 1.43. The number of H-pyrrole nitrogens is 1. The molecule has 0 aliphatic carbocycles. The fourth-order valence-electron chi connectivity index (χ4n) is 3.17. The number of benzene rings is 2. The first kappa shape index (κ1) is 16.1. The van der Waals surface area contributed by atoms with Gasteiger partial charge >= 0.3 is 0 Å². The highest BCUT2D eigenvalue weighted by Gasteiger charge is 2.30. The van der Waals surface area contributed by atoms with Gasteiger partial charge in [-0.1, -0.05) is 30.3 Å². The summed E-state index contributed by atoms with van der Waals surface area (Å²) in [7, 11) is 0. The minimum Gasteiger partial charge on any atom is -0.351 e. The SMILES string of the molecule is O=C1C[C@@H](Cc2ccc(NC(=O)c3cc4ccccc4[nH]3)cc2)C(=O)N1. The molecule has 3 N–H and O–H groups in total. The Labute approximate surface area is 149 Å². The molecular formula is C20H17N3O3. The molecule has 2 aromatic carbocycles. The van der Waals surface area contributed by atoms with Crippen LogP contribution in [0.15, 0.2) is 54.6 Å². The molecule has 6 nitrogen and oxygen atoms in total. The summed E-state index contributed by atoms with van der Waals surface area (Å²) >= 11 is 0. The molecule has 1 aliphatic heterocycles. The molecule has 26 heavy (non-hydrogen) atoms. The van der Waals surface area contributed by atoms with E-state index in [-0.39, 0.29) is 30.1 Å². The second kappa shape index (κ2) is 6.48. The van der Waals surface area contributed by atoms with Crippen molar-refractivity contribution in [3.8, 4) is 0 Å². The van der Waals surface area contributed by atoms with E-state index in [2.05, 4.69) is 15.6 Å². The molecular weight excluding hydrogens is 330 g/mol. The van der Waals surface area contributed by atoms with Gasteiger partial charge < -0.3 is 10.3 Å². The van der Waals surface area contributed by atoms with E-state index in [1.54, 1.807) is 12.1 Å². The lowest BCUT2D eigenvalue weighted by Gasteiger charge is -2.08. The molecule has 0 saturated carbocycles. The van der Waals surface area contributed by atoms with Gasteiger partial charge in [0.05, 0.1) is 5.92 Å². The summed E-state index contributed by atoms with van der Waals surface area (Å²) < 4.78 is 0. The van der Waals surface area contributed by atoms with Crippen LogP contribution in [0.5, 0.6) is 0 Å². The molecule has 0 bridgehead atoms. The lowest BCUT2D eigenvalue weighted by molar-refractivity contribution is -0.125. The van der Waals surface area contributed by atoms with E-state index in [0.717, 1.165) is 16.5 Å². The van der Waals surface area contributed by atoms with Gasteiger partial charge in [-0.25, -0.2) is 0 Å². The largest absolute Gasteiger partial charge is 0.351 e. The number of amides is 3. The van der Waals surface area contributed by atoms with Crippen molar-refractivity contribution >= 4 is 34.3 Å². The van der Waals surface area contributed by atoms with Gasteiger partial charge in [0.15, 0.2) is 0 Å². The van der Waals surface area contributed by atoms with Gasteiger partial charge in [0.25, 0.3) is 5.91 Å². The number of hydrogen-bond donors (Lipinski definition) is 3. The van der Waals surface area contributed by atoms with Crippen LogP contribution in [0.3, 0.4) is 0 Å². The number of carbonyl (C=O) groups excluding carboxylic acids is 3. The molecule has 1 aromatic heterocycles. The maximum absolute atomic E-state index is 12.4. The van der Waals surface area contributed by atoms with Crippen molar-refractivity contribution in [1.82, 2.24) is 10.3 Å². The fourth-order valence-corrected chi connectivity index (χ4v) is 3.17. The van der Waals surface area contributed by atoms with Crippen LogP contribution in [0.1, 0.15) is 22.5 Å². The quantitative estimate of drug-likeness (QED) is 0.634. The Morgan fingerprint density at radius 3 is 2.54 bits per heavy atom. The van der Waals surface area contributed by atoms with Gasteiger partial charge in [-0.3, -0.25) is 19.7 Å². The number of nitrogens with one attached hydrogen (secondary N) is 3. The highest BCUT2D eigenvalue weighted by Crippen LogP contribution is 2.20. The molecule has 0 unspecified atom stereocenters. The standard InChI is InChI=1S/C20H17N3O3/c24-18-11-14(19(25)23-18)9-12-5-7-15(8-6-12)21-20(26)17-10-13-3-1-2-4-16(13)22-17/h1-8,10,14,22H,9,11H2,(H,21,26)(H,23,24,25)/t14-/m1/s1.